The Morgan fingerprint density at radius 2 is 2.17 bits per heavy atom. The predicted molar refractivity (Wildman–Crippen MR) is 95.0 cm³/mol. The average Bonchev–Trinajstić information content (AvgIpc) is 3.17. The number of nitrogens with zero attached hydrogens (tertiary/aromatic N) is 4. The first kappa shape index (κ1) is 16.9. The van der Waals surface area contributed by atoms with Crippen LogP contribution in [0.5, 0.6) is 0 Å². The van der Waals surface area contributed by atoms with Crippen molar-refractivity contribution in [3.8, 4) is 0 Å². The van der Waals surface area contributed by atoms with E-state index in [-0.39, 0.29) is 5.91 Å². The predicted octanol–water partition coefficient (Wildman–Crippen LogP) is 1.38. The average molecular weight is 348 g/mol. The van der Waals surface area contributed by atoms with Gasteiger partial charge in [-0.05, 0) is 19.8 Å². The molecule has 3 rings (SSSR count). The number of thiazole rings is 1. The van der Waals surface area contributed by atoms with Crippen LogP contribution in [0.15, 0.2) is 17.6 Å². The molecule has 1 aliphatic heterocycles. The molecular formula is C16H24N6OS. The molecule has 0 saturated carbocycles. The Morgan fingerprint density at radius 1 is 1.42 bits per heavy atom. The van der Waals surface area contributed by atoms with Crippen LogP contribution in [-0.2, 0) is 18.4 Å². The maximum absolute atomic E-state index is 12.6. The molecule has 2 N–H and O–H groups in total. The highest BCUT2D eigenvalue weighted by molar-refractivity contribution is 7.09. The number of rotatable bonds is 5. The van der Waals surface area contributed by atoms with Crippen LogP contribution in [0.2, 0.25) is 0 Å². The Hall–Kier alpha value is -1.93. The molecule has 24 heavy (non-hydrogen) atoms. The molecule has 0 unspecified atom stereocenters. The summed E-state index contributed by atoms with van der Waals surface area (Å²) in [5.74, 6) is 0.898. The summed E-state index contributed by atoms with van der Waals surface area (Å²) in [6.45, 7) is 4.59. The Balaban J connectivity index is 1.68. The summed E-state index contributed by atoms with van der Waals surface area (Å²) in [6.07, 6.45) is 3.24. The third-order valence-electron chi connectivity index (χ3n) is 4.61. The highest BCUT2D eigenvalue weighted by Gasteiger charge is 2.41. The van der Waals surface area contributed by atoms with Gasteiger partial charge in [0, 0.05) is 45.2 Å². The minimum atomic E-state index is -0.586. The van der Waals surface area contributed by atoms with Gasteiger partial charge in [-0.1, -0.05) is 0 Å². The number of anilines is 1. The number of carbonyl (C=O) groups is 1. The van der Waals surface area contributed by atoms with Crippen LogP contribution >= 0.6 is 11.3 Å². The SMILES string of the molecule is CNC(=O)C1(Nc2ccnn2C)CCN(Cc2csc(C)n2)CC1. The normalized spacial score (nSPS) is 17.6. The molecule has 0 spiro atoms. The van der Waals surface area contributed by atoms with E-state index in [0.29, 0.717) is 0 Å². The van der Waals surface area contributed by atoms with Crippen LogP contribution in [0.4, 0.5) is 5.82 Å². The summed E-state index contributed by atoms with van der Waals surface area (Å²) >= 11 is 1.68. The van der Waals surface area contributed by atoms with Gasteiger partial charge in [0.1, 0.15) is 11.4 Å². The van der Waals surface area contributed by atoms with Crippen molar-refractivity contribution >= 4 is 23.1 Å². The van der Waals surface area contributed by atoms with Gasteiger partial charge in [0.25, 0.3) is 0 Å². The highest BCUT2D eigenvalue weighted by Crippen LogP contribution is 2.28. The summed E-state index contributed by atoms with van der Waals surface area (Å²) in [5, 5.41) is 13.6. The second kappa shape index (κ2) is 6.90. The van der Waals surface area contributed by atoms with E-state index < -0.39 is 5.54 Å². The van der Waals surface area contributed by atoms with Crippen molar-refractivity contribution in [2.24, 2.45) is 7.05 Å². The molecule has 1 aliphatic rings. The summed E-state index contributed by atoms with van der Waals surface area (Å²) in [4.78, 5) is 19.5. The van der Waals surface area contributed by atoms with Crippen molar-refractivity contribution in [3.05, 3.63) is 28.3 Å². The number of carbonyl (C=O) groups excluding carboxylic acids is 1. The Bertz CT molecular complexity index is 701. The summed E-state index contributed by atoms with van der Waals surface area (Å²) in [5.41, 5.74) is 0.529. The number of likely N-dealkylation sites (N-methyl/N-ethyl adjacent to an activating group) is 1. The van der Waals surface area contributed by atoms with Gasteiger partial charge < -0.3 is 10.6 Å². The van der Waals surface area contributed by atoms with E-state index in [4.69, 9.17) is 0 Å². The summed E-state index contributed by atoms with van der Waals surface area (Å²) in [7, 11) is 3.57. The molecule has 1 fully saturated rings. The molecule has 3 heterocycles. The maximum atomic E-state index is 12.6. The molecule has 1 saturated heterocycles. The second-order valence-corrected chi connectivity index (χ2v) is 7.32. The first-order chi connectivity index (χ1) is 11.5. The molecule has 1 amide bonds. The maximum Gasteiger partial charge on any atom is 0.245 e. The quantitative estimate of drug-likeness (QED) is 0.854. The molecular weight excluding hydrogens is 324 g/mol. The van der Waals surface area contributed by atoms with Gasteiger partial charge in [0.05, 0.1) is 16.9 Å². The minimum Gasteiger partial charge on any atom is -0.357 e. The fourth-order valence-electron chi connectivity index (χ4n) is 3.19. The van der Waals surface area contributed by atoms with E-state index in [2.05, 4.69) is 31.0 Å². The van der Waals surface area contributed by atoms with Gasteiger partial charge in [-0.3, -0.25) is 14.4 Å². The molecule has 2 aromatic heterocycles. The third-order valence-corrected chi connectivity index (χ3v) is 5.43. The van der Waals surface area contributed by atoms with Crippen molar-refractivity contribution in [1.82, 2.24) is 25.0 Å². The first-order valence-electron chi connectivity index (χ1n) is 8.14. The molecule has 0 radical (unpaired) electrons. The van der Waals surface area contributed by atoms with E-state index in [0.717, 1.165) is 49.0 Å². The lowest BCUT2D eigenvalue weighted by Gasteiger charge is -2.41. The van der Waals surface area contributed by atoms with Crippen molar-refractivity contribution in [1.29, 1.82) is 0 Å². The van der Waals surface area contributed by atoms with Crippen LogP contribution < -0.4 is 10.6 Å². The number of amides is 1. The Morgan fingerprint density at radius 3 is 2.71 bits per heavy atom. The largest absolute Gasteiger partial charge is 0.357 e. The van der Waals surface area contributed by atoms with E-state index in [1.165, 1.54) is 0 Å². The number of nitrogens with one attached hydrogen (secondary N) is 2. The molecule has 130 valence electrons. The van der Waals surface area contributed by atoms with E-state index in [1.54, 1.807) is 29.3 Å². The highest BCUT2D eigenvalue weighted by atomic mass is 32.1. The van der Waals surface area contributed by atoms with E-state index >= 15 is 0 Å². The van der Waals surface area contributed by atoms with Crippen molar-refractivity contribution in [3.63, 3.8) is 0 Å². The summed E-state index contributed by atoms with van der Waals surface area (Å²) in [6, 6.07) is 1.90. The number of likely N-dealkylation sites (tertiary alicyclic amines) is 1. The first-order valence-corrected chi connectivity index (χ1v) is 9.02. The number of hydrogen-bond donors (Lipinski definition) is 2. The van der Waals surface area contributed by atoms with Gasteiger partial charge in [-0.2, -0.15) is 5.10 Å². The molecule has 0 aliphatic carbocycles. The zero-order valence-corrected chi connectivity index (χ0v) is 15.2. The Labute approximate surface area is 146 Å². The standard InChI is InChI=1S/C16H24N6OS/c1-12-19-13(11-24-12)10-22-8-5-16(6-9-22,15(23)17-2)20-14-4-7-18-21(14)3/h4,7,11,20H,5-6,8-10H2,1-3H3,(H,17,23). The van der Waals surface area contributed by atoms with Gasteiger partial charge in [0.15, 0.2) is 0 Å². The van der Waals surface area contributed by atoms with Crippen LogP contribution in [-0.4, -0.2) is 51.2 Å². The van der Waals surface area contributed by atoms with Crippen LogP contribution in [0.1, 0.15) is 23.5 Å². The fourth-order valence-corrected chi connectivity index (χ4v) is 3.80. The number of hydrogen-bond acceptors (Lipinski definition) is 6. The number of piperidine rings is 1. The van der Waals surface area contributed by atoms with E-state index in [9.17, 15) is 4.79 Å². The van der Waals surface area contributed by atoms with Crippen LogP contribution in [0.3, 0.4) is 0 Å². The number of aryl methyl sites for hydroxylation is 2. The van der Waals surface area contributed by atoms with Gasteiger partial charge in [-0.15, -0.1) is 11.3 Å². The molecule has 2 aromatic rings. The van der Waals surface area contributed by atoms with Crippen molar-refractivity contribution in [2.75, 3.05) is 25.5 Å². The van der Waals surface area contributed by atoms with Crippen molar-refractivity contribution < 1.29 is 4.79 Å². The van der Waals surface area contributed by atoms with Gasteiger partial charge in [0.2, 0.25) is 5.91 Å². The smallest absolute Gasteiger partial charge is 0.245 e. The molecule has 0 atom stereocenters. The van der Waals surface area contributed by atoms with E-state index in [1.807, 2.05) is 20.0 Å². The molecule has 0 aromatic carbocycles. The monoisotopic (exact) mass is 348 g/mol. The fraction of sp³-hybridized carbons (Fsp3) is 0.562. The van der Waals surface area contributed by atoms with Crippen LogP contribution in [0, 0.1) is 6.92 Å². The third kappa shape index (κ3) is 3.44. The minimum absolute atomic E-state index is 0.0350. The van der Waals surface area contributed by atoms with Gasteiger partial charge in [-0.25, -0.2) is 4.98 Å². The van der Waals surface area contributed by atoms with Gasteiger partial charge >= 0.3 is 0 Å². The lowest BCUT2D eigenvalue weighted by Crippen LogP contribution is -2.57. The molecule has 7 nitrogen and oxygen atoms in total. The molecule has 8 heteroatoms. The second-order valence-electron chi connectivity index (χ2n) is 6.26. The van der Waals surface area contributed by atoms with Crippen LogP contribution in [0.25, 0.3) is 0 Å². The van der Waals surface area contributed by atoms with Crippen molar-refractivity contribution in [2.45, 2.75) is 31.8 Å². The lowest BCUT2D eigenvalue weighted by molar-refractivity contribution is -0.126. The lowest BCUT2D eigenvalue weighted by atomic mass is 9.86. The Kier molecular flexibility index (Phi) is 4.86. The summed E-state index contributed by atoms with van der Waals surface area (Å²) < 4.78 is 1.76. The topological polar surface area (TPSA) is 75.1 Å². The zero-order chi connectivity index (χ0) is 17.2. The zero-order valence-electron chi connectivity index (χ0n) is 14.4. The molecule has 0 bridgehead atoms. The number of aromatic nitrogens is 3.